The molecule has 4 nitrogen and oxygen atoms in total. The minimum Gasteiger partial charge on any atom is -0.496 e. The second-order valence-electron chi connectivity index (χ2n) is 3.92. The maximum atomic E-state index is 12.1. The number of nitrogens with two attached hydrogens (primary N) is 1. The Morgan fingerprint density at radius 1 is 1.35 bits per heavy atom. The first kappa shape index (κ1) is 18.8. The van der Waals surface area contributed by atoms with E-state index in [1.165, 1.54) is 19.2 Å². The van der Waals surface area contributed by atoms with Gasteiger partial charge in [-0.25, -0.2) is 0 Å². The third-order valence-corrected chi connectivity index (χ3v) is 2.51. The van der Waals surface area contributed by atoms with E-state index in [2.05, 4.69) is 4.74 Å². The lowest BCUT2D eigenvalue weighted by atomic mass is 10.0. The van der Waals surface area contributed by atoms with Gasteiger partial charge < -0.3 is 20.3 Å². The molecular formula is C12H17ClF3NO3. The summed E-state index contributed by atoms with van der Waals surface area (Å²) in [5, 5.41) is 8.74. The molecule has 0 radical (unpaired) electrons. The van der Waals surface area contributed by atoms with E-state index in [0.717, 1.165) is 6.07 Å². The van der Waals surface area contributed by atoms with Crippen molar-refractivity contribution >= 4 is 12.4 Å². The SMILES string of the molecule is COc1ccc(OC(F)(F)F)cc1[C@H](N)CCCO.Cl. The summed E-state index contributed by atoms with van der Waals surface area (Å²) in [5.74, 6) is 0.0442. The van der Waals surface area contributed by atoms with Gasteiger partial charge in [0.05, 0.1) is 7.11 Å². The molecule has 8 heteroatoms. The average Bonchev–Trinajstić information content (AvgIpc) is 2.34. The van der Waals surface area contributed by atoms with E-state index in [0.29, 0.717) is 24.2 Å². The maximum Gasteiger partial charge on any atom is 0.573 e. The standard InChI is InChI=1S/C12H16F3NO3.ClH/c1-18-11-5-4-8(19-12(13,14)15)7-9(11)10(16)3-2-6-17;/h4-5,7,10,17H,2-3,6,16H2,1H3;1H/t10-;/m1./s1. The first-order chi connectivity index (χ1) is 8.87. The van der Waals surface area contributed by atoms with E-state index in [-0.39, 0.29) is 24.8 Å². The Morgan fingerprint density at radius 3 is 2.50 bits per heavy atom. The van der Waals surface area contributed by atoms with E-state index >= 15 is 0 Å². The highest BCUT2D eigenvalue weighted by molar-refractivity contribution is 5.85. The number of hydrogen-bond acceptors (Lipinski definition) is 4. The minimum atomic E-state index is -4.75. The second kappa shape index (κ2) is 8.18. The zero-order valence-corrected chi connectivity index (χ0v) is 11.6. The Bertz CT molecular complexity index is 415. The van der Waals surface area contributed by atoms with Gasteiger partial charge in [-0.15, -0.1) is 25.6 Å². The van der Waals surface area contributed by atoms with Crippen molar-refractivity contribution in [2.45, 2.75) is 25.2 Å². The zero-order valence-electron chi connectivity index (χ0n) is 10.8. The number of methoxy groups -OCH3 is 1. The number of alkyl halides is 3. The summed E-state index contributed by atoms with van der Waals surface area (Å²) in [4.78, 5) is 0. The number of hydrogen-bond donors (Lipinski definition) is 2. The van der Waals surface area contributed by atoms with E-state index in [4.69, 9.17) is 15.6 Å². The summed E-state index contributed by atoms with van der Waals surface area (Å²) in [6.45, 7) is -0.0330. The van der Waals surface area contributed by atoms with Crippen molar-refractivity contribution in [3.63, 3.8) is 0 Å². The van der Waals surface area contributed by atoms with E-state index in [1.807, 2.05) is 0 Å². The summed E-state index contributed by atoms with van der Waals surface area (Å²) >= 11 is 0. The Kier molecular flexibility index (Phi) is 7.70. The molecule has 0 spiro atoms. The van der Waals surface area contributed by atoms with Gasteiger partial charge >= 0.3 is 6.36 Å². The lowest BCUT2D eigenvalue weighted by Crippen LogP contribution is -2.18. The van der Waals surface area contributed by atoms with Gasteiger partial charge in [0.25, 0.3) is 0 Å². The molecule has 0 bridgehead atoms. The van der Waals surface area contributed by atoms with Gasteiger partial charge in [0.15, 0.2) is 0 Å². The van der Waals surface area contributed by atoms with Crippen molar-refractivity contribution in [3.8, 4) is 11.5 Å². The largest absolute Gasteiger partial charge is 0.573 e. The molecule has 20 heavy (non-hydrogen) atoms. The lowest BCUT2D eigenvalue weighted by Gasteiger charge is -2.17. The summed E-state index contributed by atoms with van der Waals surface area (Å²) < 4.78 is 45.3. The van der Waals surface area contributed by atoms with Crippen molar-refractivity contribution in [1.29, 1.82) is 0 Å². The summed E-state index contributed by atoms with van der Waals surface area (Å²) in [6, 6.07) is 3.21. The fourth-order valence-corrected chi connectivity index (χ4v) is 1.67. The predicted molar refractivity (Wildman–Crippen MR) is 70.2 cm³/mol. The van der Waals surface area contributed by atoms with Gasteiger partial charge in [0, 0.05) is 18.2 Å². The summed E-state index contributed by atoms with van der Waals surface area (Å²) in [7, 11) is 1.40. The molecule has 0 fully saturated rings. The molecule has 1 aromatic rings. The minimum absolute atomic E-state index is 0. The van der Waals surface area contributed by atoms with Crippen LogP contribution in [0.4, 0.5) is 13.2 Å². The zero-order chi connectivity index (χ0) is 14.5. The van der Waals surface area contributed by atoms with Crippen molar-refractivity contribution in [3.05, 3.63) is 23.8 Å². The van der Waals surface area contributed by atoms with Crippen LogP contribution in [0.3, 0.4) is 0 Å². The molecule has 3 N–H and O–H groups in total. The van der Waals surface area contributed by atoms with Crippen LogP contribution in [0.2, 0.25) is 0 Å². The fraction of sp³-hybridized carbons (Fsp3) is 0.500. The van der Waals surface area contributed by atoms with Crippen LogP contribution in [0.5, 0.6) is 11.5 Å². The monoisotopic (exact) mass is 315 g/mol. The van der Waals surface area contributed by atoms with E-state index < -0.39 is 12.4 Å². The molecule has 0 amide bonds. The van der Waals surface area contributed by atoms with Crippen LogP contribution in [0.25, 0.3) is 0 Å². The van der Waals surface area contributed by atoms with E-state index in [1.54, 1.807) is 0 Å². The molecule has 0 saturated carbocycles. The van der Waals surface area contributed by atoms with Crippen LogP contribution in [-0.4, -0.2) is 25.2 Å². The second-order valence-corrected chi connectivity index (χ2v) is 3.92. The highest BCUT2D eigenvalue weighted by atomic mass is 35.5. The first-order valence-electron chi connectivity index (χ1n) is 5.67. The van der Waals surface area contributed by atoms with Crippen molar-refractivity contribution in [1.82, 2.24) is 0 Å². The third-order valence-electron chi connectivity index (χ3n) is 2.51. The number of aliphatic hydroxyl groups is 1. The van der Waals surface area contributed by atoms with Crippen LogP contribution in [0.15, 0.2) is 18.2 Å². The summed E-state index contributed by atoms with van der Waals surface area (Å²) in [5.41, 5.74) is 6.28. The number of aliphatic hydroxyl groups excluding tert-OH is 1. The van der Waals surface area contributed by atoms with E-state index in [9.17, 15) is 13.2 Å². The normalized spacial score (nSPS) is 12.5. The molecule has 0 heterocycles. The molecule has 0 aliphatic heterocycles. The molecule has 116 valence electrons. The molecule has 1 rings (SSSR count). The Hall–Kier alpha value is -1.18. The highest BCUT2D eigenvalue weighted by Crippen LogP contribution is 2.32. The molecule has 0 aliphatic rings. The number of ether oxygens (including phenoxy) is 2. The highest BCUT2D eigenvalue weighted by Gasteiger charge is 2.31. The van der Waals surface area contributed by atoms with Crippen LogP contribution < -0.4 is 15.2 Å². The lowest BCUT2D eigenvalue weighted by molar-refractivity contribution is -0.274. The van der Waals surface area contributed by atoms with Gasteiger partial charge in [-0.3, -0.25) is 0 Å². The van der Waals surface area contributed by atoms with Gasteiger partial charge in [-0.1, -0.05) is 0 Å². The van der Waals surface area contributed by atoms with Gasteiger partial charge in [-0.2, -0.15) is 0 Å². The number of benzene rings is 1. The third kappa shape index (κ3) is 5.85. The van der Waals surface area contributed by atoms with Crippen LogP contribution in [0.1, 0.15) is 24.4 Å². The van der Waals surface area contributed by atoms with Crippen molar-refractivity contribution in [2.24, 2.45) is 5.73 Å². The maximum absolute atomic E-state index is 12.1. The number of rotatable bonds is 6. The average molecular weight is 316 g/mol. The molecule has 1 aromatic carbocycles. The molecule has 0 saturated heterocycles. The smallest absolute Gasteiger partial charge is 0.496 e. The van der Waals surface area contributed by atoms with Crippen LogP contribution >= 0.6 is 12.4 Å². The van der Waals surface area contributed by atoms with Crippen molar-refractivity contribution < 1.29 is 27.8 Å². The topological polar surface area (TPSA) is 64.7 Å². The molecular weight excluding hydrogens is 299 g/mol. The molecule has 0 aromatic heterocycles. The molecule has 1 atom stereocenters. The van der Waals surface area contributed by atoms with Crippen molar-refractivity contribution in [2.75, 3.05) is 13.7 Å². The van der Waals surface area contributed by atoms with Crippen LogP contribution in [0, 0.1) is 0 Å². The predicted octanol–water partition coefficient (Wildman–Crippen LogP) is 2.79. The van der Waals surface area contributed by atoms with Gasteiger partial charge in [0.1, 0.15) is 11.5 Å². The summed E-state index contributed by atoms with van der Waals surface area (Å²) in [6.07, 6.45) is -3.86. The quantitative estimate of drug-likeness (QED) is 0.847. The van der Waals surface area contributed by atoms with Gasteiger partial charge in [0.2, 0.25) is 0 Å². The molecule has 0 unspecified atom stereocenters. The number of halogens is 4. The Labute approximate surface area is 121 Å². The first-order valence-corrected chi connectivity index (χ1v) is 5.67. The van der Waals surface area contributed by atoms with Crippen LogP contribution in [-0.2, 0) is 0 Å². The Morgan fingerprint density at radius 2 is 2.00 bits per heavy atom. The fourth-order valence-electron chi connectivity index (χ4n) is 1.67. The molecule has 0 aliphatic carbocycles. The van der Waals surface area contributed by atoms with Gasteiger partial charge in [-0.05, 0) is 31.0 Å². The Balaban J connectivity index is 0.00000361.